The molecule has 0 unspecified atom stereocenters. The molecule has 25 heavy (non-hydrogen) atoms. The number of halogens is 2. The molecule has 2 aromatic carbocycles. The number of nitrogens with one attached hydrogen (secondary N) is 1. The van der Waals surface area contributed by atoms with Crippen LogP contribution >= 0.6 is 27.5 Å². The van der Waals surface area contributed by atoms with Crippen LogP contribution in [0.1, 0.15) is 5.56 Å². The number of hydrazone groups is 1. The Balaban J connectivity index is 2.07. The van der Waals surface area contributed by atoms with Gasteiger partial charge in [-0.2, -0.15) is 5.10 Å². The van der Waals surface area contributed by atoms with Crippen molar-refractivity contribution < 1.29 is 13.2 Å². The van der Waals surface area contributed by atoms with E-state index in [9.17, 15) is 13.2 Å². The van der Waals surface area contributed by atoms with Crippen LogP contribution in [-0.2, 0) is 14.8 Å². The molecule has 0 spiro atoms. The maximum Gasteiger partial charge on any atom is 0.260 e. The number of rotatable bonds is 6. The fraction of sp³-hybridized carbons (Fsp3) is 0.125. The van der Waals surface area contributed by atoms with Crippen LogP contribution in [0.3, 0.4) is 0 Å². The van der Waals surface area contributed by atoms with Gasteiger partial charge in [0.05, 0.1) is 18.2 Å². The van der Waals surface area contributed by atoms with E-state index in [1.807, 2.05) is 24.3 Å². The standard InChI is InChI=1S/C16H15BrClN3O3S/c1-25(23,24)21(15-7-3-6-14(18)9-15)11-16(22)20-19-10-12-4-2-5-13(17)8-12/h2-10H,11H2,1H3,(H,20,22)/b19-10-. The summed E-state index contributed by atoms with van der Waals surface area (Å²) in [5, 5.41) is 4.21. The summed E-state index contributed by atoms with van der Waals surface area (Å²) < 4.78 is 25.8. The molecule has 0 saturated heterocycles. The lowest BCUT2D eigenvalue weighted by Crippen LogP contribution is -2.39. The average molecular weight is 445 g/mol. The van der Waals surface area contributed by atoms with Crippen LogP contribution < -0.4 is 9.73 Å². The summed E-state index contributed by atoms with van der Waals surface area (Å²) in [6.45, 7) is -0.408. The molecule has 2 rings (SSSR count). The number of benzene rings is 2. The van der Waals surface area contributed by atoms with Crippen molar-refractivity contribution in [2.45, 2.75) is 0 Å². The highest BCUT2D eigenvalue weighted by Crippen LogP contribution is 2.21. The highest BCUT2D eigenvalue weighted by molar-refractivity contribution is 9.10. The maximum atomic E-state index is 12.0. The molecule has 2 aromatic rings. The molecule has 9 heteroatoms. The predicted molar refractivity (Wildman–Crippen MR) is 104 cm³/mol. The monoisotopic (exact) mass is 443 g/mol. The zero-order valence-electron chi connectivity index (χ0n) is 13.2. The van der Waals surface area contributed by atoms with E-state index in [4.69, 9.17) is 11.6 Å². The predicted octanol–water partition coefficient (Wildman–Crippen LogP) is 3.02. The number of amides is 1. The van der Waals surface area contributed by atoms with Gasteiger partial charge in [0.15, 0.2) is 0 Å². The van der Waals surface area contributed by atoms with Gasteiger partial charge in [0, 0.05) is 9.50 Å². The van der Waals surface area contributed by atoms with Gasteiger partial charge in [-0.25, -0.2) is 13.8 Å². The van der Waals surface area contributed by atoms with Gasteiger partial charge in [-0.15, -0.1) is 0 Å². The first-order valence-corrected chi connectivity index (χ1v) is 10.1. The molecule has 0 bridgehead atoms. The SMILES string of the molecule is CS(=O)(=O)N(CC(=O)N/N=C\c1cccc(Br)c1)c1cccc(Cl)c1. The fourth-order valence-electron chi connectivity index (χ4n) is 1.96. The molecule has 6 nitrogen and oxygen atoms in total. The van der Waals surface area contributed by atoms with Crippen molar-refractivity contribution in [3.8, 4) is 0 Å². The molecule has 0 heterocycles. The molecular formula is C16H15BrClN3O3S. The third kappa shape index (κ3) is 6.15. The van der Waals surface area contributed by atoms with Gasteiger partial charge in [-0.05, 0) is 35.9 Å². The summed E-state index contributed by atoms with van der Waals surface area (Å²) in [5.41, 5.74) is 3.40. The minimum absolute atomic E-state index is 0.307. The average Bonchev–Trinajstić information content (AvgIpc) is 2.51. The molecule has 0 fully saturated rings. The Hall–Kier alpha value is -1.90. The van der Waals surface area contributed by atoms with Crippen molar-refractivity contribution >= 4 is 55.4 Å². The second-order valence-corrected chi connectivity index (χ2v) is 8.36. The second kappa shape index (κ2) is 8.46. The van der Waals surface area contributed by atoms with Crippen LogP contribution in [0.5, 0.6) is 0 Å². The molecule has 0 radical (unpaired) electrons. The number of hydrogen-bond acceptors (Lipinski definition) is 4. The smallest absolute Gasteiger partial charge is 0.260 e. The lowest BCUT2D eigenvalue weighted by atomic mass is 10.2. The van der Waals surface area contributed by atoms with Crippen molar-refractivity contribution in [1.29, 1.82) is 0 Å². The van der Waals surface area contributed by atoms with Crippen LogP contribution in [0.15, 0.2) is 58.1 Å². The van der Waals surface area contributed by atoms with Gasteiger partial charge in [-0.3, -0.25) is 9.10 Å². The van der Waals surface area contributed by atoms with Crippen LogP contribution in [0.25, 0.3) is 0 Å². The minimum atomic E-state index is -3.66. The summed E-state index contributed by atoms with van der Waals surface area (Å²) in [5.74, 6) is -0.573. The summed E-state index contributed by atoms with van der Waals surface area (Å²) in [6, 6.07) is 13.6. The van der Waals surface area contributed by atoms with E-state index < -0.39 is 22.5 Å². The van der Waals surface area contributed by atoms with Crippen molar-refractivity contribution in [3.05, 3.63) is 63.6 Å². The highest BCUT2D eigenvalue weighted by atomic mass is 79.9. The maximum absolute atomic E-state index is 12.0. The topological polar surface area (TPSA) is 78.8 Å². The lowest BCUT2D eigenvalue weighted by Gasteiger charge is -2.21. The first kappa shape index (κ1) is 19.4. The third-order valence-corrected chi connectivity index (χ3v) is 4.90. The van der Waals surface area contributed by atoms with Crippen LogP contribution in [0, 0.1) is 0 Å². The molecule has 1 N–H and O–H groups in total. The Kier molecular flexibility index (Phi) is 6.57. The highest BCUT2D eigenvalue weighted by Gasteiger charge is 2.20. The molecule has 1 amide bonds. The van der Waals surface area contributed by atoms with Gasteiger partial charge in [0.1, 0.15) is 6.54 Å². The van der Waals surface area contributed by atoms with Crippen molar-refractivity contribution in [3.63, 3.8) is 0 Å². The Morgan fingerprint density at radius 3 is 2.64 bits per heavy atom. The van der Waals surface area contributed by atoms with Crippen molar-refractivity contribution in [2.75, 3.05) is 17.1 Å². The molecule has 0 atom stereocenters. The van der Waals surface area contributed by atoms with E-state index in [-0.39, 0.29) is 0 Å². The molecule has 0 aromatic heterocycles. The van der Waals surface area contributed by atoms with E-state index >= 15 is 0 Å². The van der Waals surface area contributed by atoms with E-state index in [0.717, 1.165) is 20.6 Å². The number of sulfonamides is 1. The van der Waals surface area contributed by atoms with Crippen LogP contribution in [-0.4, -0.2) is 33.3 Å². The first-order valence-electron chi connectivity index (χ1n) is 7.06. The summed E-state index contributed by atoms with van der Waals surface area (Å²) >= 11 is 9.23. The largest absolute Gasteiger partial charge is 0.271 e. The number of carbonyl (C=O) groups is 1. The van der Waals surface area contributed by atoms with Gasteiger partial charge in [0.2, 0.25) is 10.0 Å². The van der Waals surface area contributed by atoms with Crippen LogP contribution in [0.2, 0.25) is 5.02 Å². The Labute approximate surface area is 159 Å². The second-order valence-electron chi connectivity index (χ2n) is 5.10. The zero-order valence-corrected chi connectivity index (χ0v) is 16.3. The molecule has 0 aliphatic heterocycles. The van der Waals surface area contributed by atoms with Crippen LogP contribution in [0.4, 0.5) is 5.69 Å². The minimum Gasteiger partial charge on any atom is -0.271 e. The Morgan fingerprint density at radius 2 is 2.00 bits per heavy atom. The van der Waals surface area contributed by atoms with E-state index in [1.54, 1.807) is 18.2 Å². The van der Waals surface area contributed by atoms with E-state index in [0.29, 0.717) is 10.7 Å². The molecule has 0 saturated carbocycles. The van der Waals surface area contributed by atoms with Crippen molar-refractivity contribution in [1.82, 2.24) is 5.43 Å². The molecule has 0 aliphatic rings. The quantitative estimate of drug-likeness (QED) is 0.549. The fourth-order valence-corrected chi connectivity index (χ4v) is 3.41. The first-order chi connectivity index (χ1) is 11.8. The van der Waals surface area contributed by atoms with E-state index in [2.05, 4.69) is 26.5 Å². The Morgan fingerprint density at radius 1 is 1.28 bits per heavy atom. The number of nitrogens with zero attached hydrogens (tertiary/aromatic N) is 2. The normalized spacial score (nSPS) is 11.5. The Bertz CT molecular complexity index is 903. The van der Waals surface area contributed by atoms with E-state index in [1.165, 1.54) is 12.3 Å². The number of carbonyl (C=O) groups excluding carboxylic acids is 1. The lowest BCUT2D eigenvalue weighted by molar-refractivity contribution is -0.119. The zero-order chi connectivity index (χ0) is 18.4. The molecule has 132 valence electrons. The van der Waals surface area contributed by atoms with Gasteiger partial charge in [0.25, 0.3) is 5.91 Å². The number of hydrogen-bond donors (Lipinski definition) is 1. The van der Waals surface area contributed by atoms with Crippen molar-refractivity contribution in [2.24, 2.45) is 5.10 Å². The van der Waals surface area contributed by atoms with Gasteiger partial charge < -0.3 is 0 Å². The van der Waals surface area contributed by atoms with Gasteiger partial charge in [-0.1, -0.05) is 45.7 Å². The van der Waals surface area contributed by atoms with Gasteiger partial charge >= 0.3 is 0 Å². The molecular weight excluding hydrogens is 430 g/mol. The summed E-state index contributed by atoms with van der Waals surface area (Å²) in [4.78, 5) is 12.0. The molecule has 0 aliphatic carbocycles. The summed E-state index contributed by atoms with van der Waals surface area (Å²) in [7, 11) is -3.66. The number of anilines is 1. The third-order valence-electron chi connectivity index (χ3n) is 3.04. The summed E-state index contributed by atoms with van der Waals surface area (Å²) in [6.07, 6.45) is 2.48.